The molecule has 118 valence electrons. The number of allylic oxidation sites excluding steroid dienone is 1. The maximum atomic E-state index is 10.5. The molecule has 0 aromatic heterocycles. The van der Waals surface area contributed by atoms with E-state index in [4.69, 9.17) is 0 Å². The van der Waals surface area contributed by atoms with Gasteiger partial charge in [0.15, 0.2) is 0 Å². The molecule has 0 unspecified atom stereocenters. The lowest BCUT2D eigenvalue weighted by atomic mass is 9.46. The van der Waals surface area contributed by atoms with Gasteiger partial charge in [-0.25, -0.2) is 0 Å². The molecule has 4 rings (SSSR count). The average Bonchev–Trinajstić information content (AvgIpc) is 2.76. The topological polar surface area (TPSA) is 40.5 Å². The Morgan fingerprint density at radius 3 is 2.57 bits per heavy atom. The van der Waals surface area contributed by atoms with Crippen molar-refractivity contribution in [2.45, 2.75) is 71.0 Å². The first-order valence-electron chi connectivity index (χ1n) is 9.00. The summed E-state index contributed by atoms with van der Waals surface area (Å²) in [6.07, 6.45) is 12.4. The lowest BCUT2D eigenvalue weighted by Crippen LogP contribution is -2.53. The van der Waals surface area contributed by atoms with Gasteiger partial charge in [0.05, 0.1) is 12.2 Å². The molecule has 0 spiro atoms. The summed E-state index contributed by atoms with van der Waals surface area (Å²) in [5, 5.41) is 20.4. The fourth-order valence-electron chi connectivity index (χ4n) is 6.76. The van der Waals surface area contributed by atoms with Gasteiger partial charge in [0.1, 0.15) is 0 Å². The molecular weight excluding hydrogens is 260 g/mol. The number of hydrogen-bond acceptors (Lipinski definition) is 2. The summed E-state index contributed by atoms with van der Waals surface area (Å²) in [7, 11) is 0. The molecular formula is C19H30O2. The molecule has 0 heterocycles. The maximum Gasteiger partial charge on any atom is 0.0724 e. The highest BCUT2D eigenvalue weighted by Crippen LogP contribution is 2.65. The molecule has 0 amide bonds. The number of fused-ring (bicyclic) bond motifs is 5. The molecule has 3 fully saturated rings. The van der Waals surface area contributed by atoms with Crippen LogP contribution in [0.2, 0.25) is 0 Å². The van der Waals surface area contributed by atoms with Crippen LogP contribution in [0, 0.1) is 34.5 Å². The van der Waals surface area contributed by atoms with Gasteiger partial charge in [-0.1, -0.05) is 26.0 Å². The van der Waals surface area contributed by atoms with Crippen molar-refractivity contribution in [3.63, 3.8) is 0 Å². The third-order valence-corrected chi connectivity index (χ3v) is 8.12. The minimum absolute atomic E-state index is 0.0716. The Morgan fingerprint density at radius 2 is 1.76 bits per heavy atom. The molecule has 21 heavy (non-hydrogen) atoms. The minimum Gasteiger partial charge on any atom is -0.393 e. The van der Waals surface area contributed by atoms with Crippen LogP contribution in [0.25, 0.3) is 0 Å². The van der Waals surface area contributed by atoms with Crippen molar-refractivity contribution < 1.29 is 10.2 Å². The van der Waals surface area contributed by atoms with E-state index in [1.54, 1.807) is 0 Å². The molecule has 2 N–H and O–H groups in total. The number of hydrogen-bond donors (Lipinski definition) is 2. The first-order chi connectivity index (χ1) is 9.95. The van der Waals surface area contributed by atoms with Crippen LogP contribution in [0.3, 0.4) is 0 Å². The standard InChI is InChI=1S/C19H30O2/c1-18-9-7-13(20)11-12(18)3-4-14-15-5-6-17(21)19(15,2)10-8-16(14)18/h7,9,12-17,20-21H,3-6,8,10-11H2,1-2H3/t12-,13-,14-,15+,16-,17-,18-,19-/m0/s1. The van der Waals surface area contributed by atoms with E-state index in [1.165, 1.54) is 32.1 Å². The molecule has 4 aliphatic rings. The summed E-state index contributed by atoms with van der Waals surface area (Å²) < 4.78 is 0. The summed E-state index contributed by atoms with van der Waals surface area (Å²) >= 11 is 0. The largest absolute Gasteiger partial charge is 0.393 e. The molecule has 0 bridgehead atoms. The van der Waals surface area contributed by atoms with E-state index >= 15 is 0 Å². The van der Waals surface area contributed by atoms with E-state index in [2.05, 4.69) is 26.0 Å². The van der Waals surface area contributed by atoms with E-state index in [-0.39, 0.29) is 23.0 Å². The summed E-state index contributed by atoms with van der Waals surface area (Å²) in [6.45, 7) is 4.80. The molecule has 3 saturated carbocycles. The molecule has 0 radical (unpaired) electrons. The van der Waals surface area contributed by atoms with Gasteiger partial charge < -0.3 is 10.2 Å². The van der Waals surface area contributed by atoms with Crippen molar-refractivity contribution in [3.05, 3.63) is 12.2 Å². The van der Waals surface area contributed by atoms with Crippen molar-refractivity contribution in [1.82, 2.24) is 0 Å². The fraction of sp³-hybridized carbons (Fsp3) is 0.895. The Balaban J connectivity index is 1.67. The summed E-state index contributed by atoms with van der Waals surface area (Å²) in [4.78, 5) is 0. The van der Waals surface area contributed by atoms with Crippen LogP contribution >= 0.6 is 0 Å². The van der Waals surface area contributed by atoms with Crippen molar-refractivity contribution >= 4 is 0 Å². The summed E-state index contributed by atoms with van der Waals surface area (Å²) in [5.74, 6) is 2.95. The van der Waals surface area contributed by atoms with Crippen LogP contribution in [0.1, 0.15) is 58.8 Å². The van der Waals surface area contributed by atoms with Crippen LogP contribution in [0.4, 0.5) is 0 Å². The Kier molecular flexibility index (Phi) is 3.11. The van der Waals surface area contributed by atoms with Crippen LogP contribution < -0.4 is 0 Å². The van der Waals surface area contributed by atoms with Crippen LogP contribution in [-0.2, 0) is 0 Å². The second-order valence-corrected chi connectivity index (χ2v) is 8.82. The highest BCUT2D eigenvalue weighted by Gasteiger charge is 2.59. The molecule has 8 atom stereocenters. The average molecular weight is 290 g/mol. The van der Waals surface area contributed by atoms with E-state index in [0.717, 1.165) is 30.6 Å². The van der Waals surface area contributed by atoms with Gasteiger partial charge in [-0.2, -0.15) is 0 Å². The Labute approximate surface area is 128 Å². The lowest BCUT2D eigenvalue weighted by Gasteiger charge is -2.59. The van der Waals surface area contributed by atoms with Gasteiger partial charge in [0.2, 0.25) is 0 Å². The van der Waals surface area contributed by atoms with E-state index in [1.807, 2.05) is 0 Å². The molecule has 0 saturated heterocycles. The van der Waals surface area contributed by atoms with Gasteiger partial charge >= 0.3 is 0 Å². The predicted molar refractivity (Wildman–Crippen MR) is 83.6 cm³/mol. The number of rotatable bonds is 0. The second kappa shape index (κ2) is 4.58. The van der Waals surface area contributed by atoms with Gasteiger partial charge in [-0.3, -0.25) is 0 Å². The Morgan fingerprint density at radius 1 is 0.952 bits per heavy atom. The van der Waals surface area contributed by atoms with Gasteiger partial charge in [-0.05, 0) is 79.4 Å². The van der Waals surface area contributed by atoms with Crippen molar-refractivity contribution in [1.29, 1.82) is 0 Å². The van der Waals surface area contributed by atoms with E-state index < -0.39 is 0 Å². The number of aliphatic hydroxyl groups is 2. The second-order valence-electron chi connectivity index (χ2n) is 8.82. The fourth-order valence-corrected chi connectivity index (χ4v) is 6.76. The van der Waals surface area contributed by atoms with Crippen LogP contribution in [-0.4, -0.2) is 22.4 Å². The van der Waals surface area contributed by atoms with Gasteiger partial charge in [-0.15, -0.1) is 0 Å². The predicted octanol–water partition coefficient (Wildman–Crippen LogP) is 3.53. The van der Waals surface area contributed by atoms with Crippen molar-refractivity contribution in [3.8, 4) is 0 Å². The zero-order valence-corrected chi connectivity index (χ0v) is 13.5. The van der Waals surface area contributed by atoms with Gasteiger partial charge in [0, 0.05) is 0 Å². The summed E-state index contributed by atoms with van der Waals surface area (Å²) in [6, 6.07) is 0. The third kappa shape index (κ3) is 1.84. The molecule has 0 aromatic carbocycles. The smallest absolute Gasteiger partial charge is 0.0724 e. The molecule has 2 heteroatoms. The third-order valence-electron chi connectivity index (χ3n) is 8.12. The van der Waals surface area contributed by atoms with Gasteiger partial charge in [0.25, 0.3) is 0 Å². The Hall–Kier alpha value is -0.340. The lowest BCUT2D eigenvalue weighted by molar-refractivity contribution is -0.0994. The van der Waals surface area contributed by atoms with Crippen LogP contribution in [0.15, 0.2) is 12.2 Å². The zero-order valence-electron chi connectivity index (χ0n) is 13.5. The van der Waals surface area contributed by atoms with E-state index in [9.17, 15) is 10.2 Å². The highest BCUT2D eigenvalue weighted by atomic mass is 16.3. The first-order valence-corrected chi connectivity index (χ1v) is 9.00. The molecule has 4 aliphatic carbocycles. The van der Waals surface area contributed by atoms with Crippen molar-refractivity contribution in [2.24, 2.45) is 34.5 Å². The van der Waals surface area contributed by atoms with Crippen molar-refractivity contribution in [2.75, 3.05) is 0 Å². The van der Waals surface area contributed by atoms with E-state index in [0.29, 0.717) is 5.92 Å². The number of aliphatic hydroxyl groups excluding tert-OH is 2. The maximum absolute atomic E-state index is 10.5. The first kappa shape index (κ1) is 14.3. The monoisotopic (exact) mass is 290 g/mol. The molecule has 2 nitrogen and oxygen atoms in total. The Bertz CT molecular complexity index is 458. The zero-order chi connectivity index (χ0) is 14.8. The SMILES string of the molecule is C[C@]12C=C[C@H](O)C[C@@H]1CC[C@H]1[C@H]3CC[C@H](O)[C@@]3(C)CC[C@@H]12. The quantitative estimate of drug-likeness (QED) is 0.670. The van der Waals surface area contributed by atoms with Crippen LogP contribution in [0.5, 0.6) is 0 Å². The normalized spacial score (nSPS) is 59.2. The summed E-state index contributed by atoms with van der Waals surface area (Å²) in [5.41, 5.74) is 0.472. The molecule has 0 aromatic rings. The molecule has 0 aliphatic heterocycles. The highest BCUT2D eigenvalue weighted by molar-refractivity contribution is 5.17. The minimum atomic E-state index is -0.221.